The zero-order chi connectivity index (χ0) is 14.4. The molecule has 0 aliphatic rings. The van der Waals surface area contributed by atoms with Crippen molar-refractivity contribution in [1.29, 1.82) is 0 Å². The number of carbonyl (C=O) groups is 1. The van der Waals surface area contributed by atoms with Crippen molar-refractivity contribution in [2.24, 2.45) is 11.7 Å². The summed E-state index contributed by atoms with van der Waals surface area (Å²) in [5.41, 5.74) is 8.47. The average Bonchev–Trinajstić information content (AvgIpc) is 2.43. The SMILES string of the molecule is CCC(C)C(=O)NCC(N)c1ccc(C(C)C)cc1. The molecule has 1 rings (SSSR count). The van der Waals surface area contributed by atoms with Crippen LogP contribution in [-0.4, -0.2) is 12.5 Å². The van der Waals surface area contributed by atoms with Crippen LogP contribution in [0.2, 0.25) is 0 Å². The second-order valence-electron chi connectivity index (χ2n) is 5.48. The van der Waals surface area contributed by atoms with E-state index in [1.54, 1.807) is 0 Å². The standard InChI is InChI=1S/C16H26N2O/c1-5-12(4)16(19)18-10-15(17)14-8-6-13(7-9-14)11(2)3/h6-9,11-12,15H,5,10,17H2,1-4H3,(H,18,19). The number of amides is 1. The first-order valence-electron chi connectivity index (χ1n) is 7.08. The molecule has 0 heterocycles. The highest BCUT2D eigenvalue weighted by atomic mass is 16.1. The fourth-order valence-corrected chi connectivity index (χ4v) is 1.82. The molecule has 0 bridgehead atoms. The molecule has 0 saturated heterocycles. The molecule has 0 saturated carbocycles. The number of benzene rings is 1. The van der Waals surface area contributed by atoms with Gasteiger partial charge in [0, 0.05) is 18.5 Å². The summed E-state index contributed by atoms with van der Waals surface area (Å²) >= 11 is 0. The highest BCUT2D eigenvalue weighted by Crippen LogP contribution is 2.17. The minimum atomic E-state index is -0.144. The largest absolute Gasteiger partial charge is 0.354 e. The molecule has 0 aliphatic carbocycles. The molecule has 0 fully saturated rings. The first-order valence-corrected chi connectivity index (χ1v) is 7.08. The van der Waals surface area contributed by atoms with Crippen LogP contribution in [0.3, 0.4) is 0 Å². The smallest absolute Gasteiger partial charge is 0.222 e. The predicted octanol–water partition coefficient (Wildman–Crippen LogP) is 2.97. The molecule has 0 aliphatic heterocycles. The molecule has 0 aromatic heterocycles. The normalized spacial score (nSPS) is 14.2. The predicted molar refractivity (Wildman–Crippen MR) is 79.9 cm³/mol. The lowest BCUT2D eigenvalue weighted by Crippen LogP contribution is -2.35. The fourth-order valence-electron chi connectivity index (χ4n) is 1.82. The van der Waals surface area contributed by atoms with E-state index in [4.69, 9.17) is 5.73 Å². The van der Waals surface area contributed by atoms with Crippen LogP contribution in [-0.2, 0) is 4.79 Å². The van der Waals surface area contributed by atoms with Gasteiger partial charge in [0.05, 0.1) is 0 Å². The van der Waals surface area contributed by atoms with E-state index in [0.29, 0.717) is 12.5 Å². The highest BCUT2D eigenvalue weighted by molar-refractivity contribution is 5.78. The Morgan fingerprint density at radius 1 is 1.16 bits per heavy atom. The topological polar surface area (TPSA) is 55.1 Å². The number of hydrogen-bond donors (Lipinski definition) is 2. The number of rotatable bonds is 6. The lowest BCUT2D eigenvalue weighted by Gasteiger charge is -2.16. The minimum Gasteiger partial charge on any atom is -0.354 e. The molecule has 2 unspecified atom stereocenters. The van der Waals surface area contributed by atoms with Gasteiger partial charge in [-0.05, 0) is 23.5 Å². The van der Waals surface area contributed by atoms with Gasteiger partial charge in [-0.15, -0.1) is 0 Å². The molecule has 3 N–H and O–H groups in total. The average molecular weight is 262 g/mol. The lowest BCUT2D eigenvalue weighted by atomic mass is 9.99. The summed E-state index contributed by atoms with van der Waals surface area (Å²) in [6.45, 7) is 8.76. The summed E-state index contributed by atoms with van der Waals surface area (Å²) in [5.74, 6) is 0.655. The van der Waals surface area contributed by atoms with Gasteiger partial charge in [-0.3, -0.25) is 4.79 Å². The monoisotopic (exact) mass is 262 g/mol. The van der Waals surface area contributed by atoms with Crippen LogP contribution < -0.4 is 11.1 Å². The van der Waals surface area contributed by atoms with Gasteiger partial charge < -0.3 is 11.1 Å². The Morgan fingerprint density at radius 3 is 2.16 bits per heavy atom. The summed E-state index contributed by atoms with van der Waals surface area (Å²) in [7, 11) is 0. The summed E-state index contributed by atoms with van der Waals surface area (Å²) in [5, 5.41) is 2.91. The molecule has 0 spiro atoms. The van der Waals surface area contributed by atoms with Crippen molar-refractivity contribution in [2.75, 3.05) is 6.54 Å². The van der Waals surface area contributed by atoms with Crippen LogP contribution in [0.4, 0.5) is 0 Å². The molecule has 2 atom stereocenters. The van der Waals surface area contributed by atoms with E-state index in [9.17, 15) is 4.79 Å². The van der Waals surface area contributed by atoms with Crippen LogP contribution in [0.15, 0.2) is 24.3 Å². The second kappa shape index (κ2) is 7.29. The molecule has 3 nitrogen and oxygen atoms in total. The zero-order valence-electron chi connectivity index (χ0n) is 12.4. The van der Waals surface area contributed by atoms with E-state index < -0.39 is 0 Å². The maximum Gasteiger partial charge on any atom is 0.222 e. The molecule has 3 heteroatoms. The van der Waals surface area contributed by atoms with Crippen molar-refractivity contribution in [3.05, 3.63) is 35.4 Å². The summed E-state index contributed by atoms with van der Waals surface area (Å²) < 4.78 is 0. The maximum absolute atomic E-state index is 11.7. The van der Waals surface area contributed by atoms with Gasteiger partial charge in [-0.1, -0.05) is 52.0 Å². The van der Waals surface area contributed by atoms with E-state index in [0.717, 1.165) is 12.0 Å². The molecule has 1 aromatic carbocycles. The van der Waals surface area contributed by atoms with Gasteiger partial charge >= 0.3 is 0 Å². The van der Waals surface area contributed by atoms with Gasteiger partial charge in [-0.2, -0.15) is 0 Å². The van der Waals surface area contributed by atoms with Crippen molar-refractivity contribution in [1.82, 2.24) is 5.32 Å². The fraction of sp³-hybridized carbons (Fsp3) is 0.562. The van der Waals surface area contributed by atoms with Crippen molar-refractivity contribution in [3.8, 4) is 0 Å². The summed E-state index contributed by atoms with van der Waals surface area (Å²) in [6.07, 6.45) is 0.851. The number of carbonyl (C=O) groups excluding carboxylic acids is 1. The lowest BCUT2D eigenvalue weighted by molar-refractivity contribution is -0.124. The third-order valence-electron chi connectivity index (χ3n) is 3.59. The molecular weight excluding hydrogens is 236 g/mol. The minimum absolute atomic E-state index is 0.0514. The molecule has 1 aromatic rings. The third-order valence-corrected chi connectivity index (χ3v) is 3.59. The first-order chi connectivity index (χ1) is 8.95. The maximum atomic E-state index is 11.7. The van der Waals surface area contributed by atoms with Gasteiger partial charge in [0.2, 0.25) is 5.91 Å². The molecule has 0 radical (unpaired) electrons. The highest BCUT2D eigenvalue weighted by Gasteiger charge is 2.12. The van der Waals surface area contributed by atoms with E-state index in [1.807, 2.05) is 13.8 Å². The van der Waals surface area contributed by atoms with E-state index in [2.05, 4.69) is 43.4 Å². The first kappa shape index (κ1) is 15.7. The Labute approximate surface area is 116 Å². The summed E-state index contributed by atoms with van der Waals surface area (Å²) in [6, 6.07) is 8.17. The van der Waals surface area contributed by atoms with E-state index in [1.165, 1.54) is 5.56 Å². The van der Waals surface area contributed by atoms with Crippen molar-refractivity contribution in [2.45, 2.75) is 46.1 Å². The van der Waals surface area contributed by atoms with Crippen molar-refractivity contribution < 1.29 is 4.79 Å². The van der Waals surface area contributed by atoms with Gasteiger partial charge in [0.15, 0.2) is 0 Å². The van der Waals surface area contributed by atoms with Crippen LogP contribution in [0.25, 0.3) is 0 Å². The van der Waals surface area contributed by atoms with Crippen LogP contribution >= 0.6 is 0 Å². The van der Waals surface area contributed by atoms with Crippen LogP contribution in [0.5, 0.6) is 0 Å². The Hall–Kier alpha value is -1.35. The molecular formula is C16H26N2O. The van der Waals surface area contributed by atoms with Crippen LogP contribution in [0.1, 0.15) is 57.2 Å². The van der Waals surface area contributed by atoms with Crippen molar-refractivity contribution >= 4 is 5.91 Å². The second-order valence-corrected chi connectivity index (χ2v) is 5.48. The van der Waals surface area contributed by atoms with Crippen LogP contribution in [0, 0.1) is 5.92 Å². The number of nitrogens with two attached hydrogens (primary N) is 1. The number of hydrogen-bond acceptors (Lipinski definition) is 2. The Kier molecular flexibility index (Phi) is 6.03. The molecule has 1 amide bonds. The Balaban J connectivity index is 2.54. The third kappa shape index (κ3) is 4.67. The number of nitrogens with one attached hydrogen (secondary N) is 1. The van der Waals surface area contributed by atoms with E-state index >= 15 is 0 Å². The Morgan fingerprint density at radius 2 is 1.68 bits per heavy atom. The van der Waals surface area contributed by atoms with Gasteiger partial charge in [-0.25, -0.2) is 0 Å². The Bertz CT molecular complexity index is 398. The molecule has 19 heavy (non-hydrogen) atoms. The van der Waals surface area contributed by atoms with Crippen molar-refractivity contribution in [3.63, 3.8) is 0 Å². The van der Waals surface area contributed by atoms with E-state index in [-0.39, 0.29) is 17.9 Å². The van der Waals surface area contributed by atoms with Gasteiger partial charge in [0.1, 0.15) is 0 Å². The summed E-state index contributed by atoms with van der Waals surface area (Å²) in [4.78, 5) is 11.7. The molecule has 106 valence electrons. The zero-order valence-corrected chi connectivity index (χ0v) is 12.4. The quantitative estimate of drug-likeness (QED) is 0.828. The van der Waals surface area contributed by atoms with Gasteiger partial charge in [0.25, 0.3) is 0 Å².